The molecule has 1 unspecified atom stereocenters. The Balaban J connectivity index is 1.96. The summed E-state index contributed by atoms with van der Waals surface area (Å²) in [7, 11) is 3.28. The summed E-state index contributed by atoms with van der Waals surface area (Å²) in [6.07, 6.45) is 3.66. The van der Waals surface area contributed by atoms with Crippen LogP contribution >= 0.6 is 12.6 Å². The molecule has 29 heavy (non-hydrogen) atoms. The molecule has 162 valence electrons. The lowest BCUT2D eigenvalue weighted by Crippen LogP contribution is -2.59. The molecule has 0 aliphatic heterocycles. The van der Waals surface area contributed by atoms with Crippen molar-refractivity contribution < 1.29 is 19.1 Å². The number of nitrogens with one attached hydrogen (secondary N) is 2. The lowest BCUT2D eigenvalue weighted by atomic mass is 9.95. The molecule has 2 N–H and O–H groups in total. The molecule has 0 radical (unpaired) electrons. The van der Waals surface area contributed by atoms with Crippen molar-refractivity contribution >= 4 is 24.4 Å². The maximum Gasteiger partial charge on any atom is 0.245 e. The summed E-state index contributed by atoms with van der Waals surface area (Å²) in [4.78, 5) is 25.6. The Kier molecular flexibility index (Phi) is 8.83. The molecule has 1 aliphatic rings. The third-order valence-electron chi connectivity index (χ3n) is 5.60. The molecule has 1 saturated carbocycles. The highest BCUT2D eigenvalue weighted by Gasteiger charge is 2.43. The third-order valence-corrected chi connectivity index (χ3v) is 6.43. The highest BCUT2D eigenvalue weighted by atomic mass is 32.1. The summed E-state index contributed by atoms with van der Waals surface area (Å²) in [6, 6.07) is 7.80. The van der Waals surface area contributed by atoms with E-state index in [1.165, 1.54) is 0 Å². The topological polar surface area (TPSA) is 76.7 Å². The van der Waals surface area contributed by atoms with E-state index >= 15 is 0 Å². The minimum Gasteiger partial charge on any atom is -0.497 e. The Hall–Kier alpha value is -1.73. The lowest BCUT2D eigenvalue weighted by molar-refractivity contribution is -0.133. The van der Waals surface area contributed by atoms with Gasteiger partial charge < -0.3 is 20.1 Å². The van der Waals surface area contributed by atoms with Crippen LogP contribution in [0.25, 0.3) is 0 Å². The quantitative estimate of drug-likeness (QED) is 0.507. The number of amides is 2. The van der Waals surface area contributed by atoms with Crippen LogP contribution in [0.5, 0.6) is 5.75 Å². The second-order valence-corrected chi connectivity index (χ2v) is 8.64. The molecule has 1 fully saturated rings. The number of rotatable bonds is 10. The molecule has 7 heteroatoms. The number of carbonyl (C=O) groups excluding carboxylic acids is 2. The molecule has 0 heterocycles. The molecule has 0 bridgehead atoms. The van der Waals surface area contributed by atoms with Crippen LogP contribution < -0.4 is 15.4 Å². The molecular weight excluding hydrogens is 388 g/mol. The Labute approximate surface area is 179 Å². The summed E-state index contributed by atoms with van der Waals surface area (Å²) in [5.41, 5.74) is 0.261. The van der Waals surface area contributed by atoms with Crippen molar-refractivity contribution in [2.24, 2.45) is 5.92 Å². The molecule has 1 aromatic carbocycles. The summed E-state index contributed by atoms with van der Waals surface area (Å²) >= 11 is 4.40. The first-order chi connectivity index (χ1) is 13.8. The van der Waals surface area contributed by atoms with E-state index in [4.69, 9.17) is 9.47 Å². The van der Waals surface area contributed by atoms with Crippen molar-refractivity contribution in [3.8, 4) is 5.75 Å². The average molecular weight is 423 g/mol. The van der Waals surface area contributed by atoms with Crippen LogP contribution in [-0.4, -0.2) is 49.5 Å². The summed E-state index contributed by atoms with van der Waals surface area (Å²) in [6.45, 7) is 4.27. The van der Waals surface area contributed by atoms with E-state index in [0.29, 0.717) is 25.8 Å². The number of benzene rings is 1. The molecule has 0 aromatic heterocycles. The number of carbonyl (C=O) groups is 2. The molecular formula is C22H34N2O4S. The zero-order valence-corrected chi connectivity index (χ0v) is 18.8. The van der Waals surface area contributed by atoms with Crippen molar-refractivity contribution in [1.82, 2.24) is 10.6 Å². The van der Waals surface area contributed by atoms with E-state index in [1.54, 1.807) is 14.2 Å². The first kappa shape index (κ1) is 23.5. The van der Waals surface area contributed by atoms with Gasteiger partial charge in [-0.3, -0.25) is 9.59 Å². The fraction of sp³-hybridized carbons (Fsp3) is 0.636. The summed E-state index contributed by atoms with van der Waals surface area (Å²) < 4.78 is 10.7. The molecule has 0 saturated heterocycles. The fourth-order valence-corrected chi connectivity index (χ4v) is 3.70. The largest absolute Gasteiger partial charge is 0.497 e. The minimum absolute atomic E-state index is 0.0993. The highest BCUT2D eigenvalue weighted by molar-refractivity contribution is 7.81. The maximum absolute atomic E-state index is 13.0. The fourth-order valence-electron chi connectivity index (χ4n) is 3.64. The van der Waals surface area contributed by atoms with Gasteiger partial charge in [-0.2, -0.15) is 12.6 Å². The Morgan fingerprint density at radius 1 is 1.14 bits per heavy atom. The third kappa shape index (κ3) is 6.37. The van der Waals surface area contributed by atoms with E-state index in [2.05, 4.69) is 23.3 Å². The standard InChI is InChI=1S/C22H34N2O4S/c1-15(2)19(29)20(25)24-22(11-5-6-12-22)21(26)23-14-18(28-4)13-16-7-9-17(27-3)10-8-16/h7-10,15,18-19,29H,5-6,11-14H2,1-4H3,(H,23,26)(H,24,25)/t18?,19-/m0/s1. The van der Waals surface area contributed by atoms with Crippen LogP contribution in [0.15, 0.2) is 24.3 Å². The van der Waals surface area contributed by atoms with Crippen LogP contribution in [0, 0.1) is 5.92 Å². The SMILES string of the molecule is COc1ccc(CC(CNC(=O)C2(NC(=O)[C@@H](S)C(C)C)CCCC2)OC)cc1. The van der Waals surface area contributed by atoms with Gasteiger partial charge in [-0.1, -0.05) is 38.8 Å². The number of methoxy groups -OCH3 is 2. The van der Waals surface area contributed by atoms with Gasteiger partial charge in [0.25, 0.3) is 0 Å². The Morgan fingerprint density at radius 3 is 2.28 bits per heavy atom. The van der Waals surface area contributed by atoms with Crippen LogP contribution in [0.2, 0.25) is 0 Å². The normalized spacial score (nSPS) is 17.6. The first-order valence-corrected chi connectivity index (χ1v) is 10.8. The number of thiol groups is 1. The van der Waals surface area contributed by atoms with Crippen LogP contribution in [-0.2, 0) is 20.7 Å². The van der Waals surface area contributed by atoms with Crippen molar-refractivity contribution in [3.63, 3.8) is 0 Å². The van der Waals surface area contributed by atoms with Crippen molar-refractivity contribution in [2.75, 3.05) is 20.8 Å². The van der Waals surface area contributed by atoms with Gasteiger partial charge in [0.05, 0.1) is 18.5 Å². The number of hydrogen-bond donors (Lipinski definition) is 3. The van der Waals surface area contributed by atoms with Crippen molar-refractivity contribution in [3.05, 3.63) is 29.8 Å². The van der Waals surface area contributed by atoms with Gasteiger partial charge in [0.1, 0.15) is 11.3 Å². The van der Waals surface area contributed by atoms with Gasteiger partial charge in [-0.25, -0.2) is 0 Å². The Morgan fingerprint density at radius 2 is 1.76 bits per heavy atom. The van der Waals surface area contributed by atoms with Crippen molar-refractivity contribution in [2.45, 2.75) is 62.8 Å². The first-order valence-electron chi connectivity index (χ1n) is 10.3. The maximum atomic E-state index is 13.0. The van der Waals surface area contributed by atoms with Crippen LogP contribution in [0.3, 0.4) is 0 Å². The number of ether oxygens (including phenoxy) is 2. The van der Waals surface area contributed by atoms with E-state index in [1.807, 2.05) is 38.1 Å². The van der Waals surface area contributed by atoms with Crippen LogP contribution in [0.4, 0.5) is 0 Å². The average Bonchev–Trinajstić information content (AvgIpc) is 3.20. The zero-order chi connectivity index (χ0) is 21.4. The van der Waals surface area contributed by atoms with Gasteiger partial charge in [-0.15, -0.1) is 0 Å². The predicted octanol–water partition coefficient (Wildman–Crippen LogP) is 2.75. The molecule has 1 aromatic rings. The van der Waals surface area contributed by atoms with E-state index in [-0.39, 0.29) is 23.8 Å². The van der Waals surface area contributed by atoms with Gasteiger partial charge in [-0.05, 0) is 36.5 Å². The second kappa shape index (κ2) is 10.9. The predicted molar refractivity (Wildman–Crippen MR) is 117 cm³/mol. The zero-order valence-electron chi connectivity index (χ0n) is 17.9. The summed E-state index contributed by atoms with van der Waals surface area (Å²) in [5, 5.41) is 5.57. The monoisotopic (exact) mass is 422 g/mol. The second-order valence-electron chi connectivity index (χ2n) is 8.09. The lowest BCUT2D eigenvalue weighted by Gasteiger charge is -2.31. The van der Waals surface area contributed by atoms with Gasteiger partial charge in [0, 0.05) is 20.1 Å². The van der Waals surface area contributed by atoms with Gasteiger partial charge in [0.2, 0.25) is 11.8 Å². The van der Waals surface area contributed by atoms with E-state index < -0.39 is 10.8 Å². The molecule has 1 aliphatic carbocycles. The van der Waals surface area contributed by atoms with E-state index in [0.717, 1.165) is 24.2 Å². The molecule has 2 amide bonds. The molecule has 2 rings (SSSR count). The van der Waals surface area contributed by atoms with E-state index in [9.17, 15) is 9.59 Å². The van der Waals surface area contributed by atoms with Crippen molar-refractivity contribution in [1.29, 1.82) is 0 Å². The van der Waals surface area contributed by atoms with Crippen LogP contribution in [0.1, 0.15) is 45.1 Å². The summed E-state index contributed by atoms with van der Waals surface area (Å²) in [5.74, 6) is 0.590. The number of hydrogen-bond acceptors (Lipinski definition) is 5. The highest BCUT2D eigenvalue weighted by Crippen LogP contribution is 2.30. The molecule has 2 atom stereocenters. The smallest absolute Gasteiger partial charge is 0.245 e. The minimum atomic E-state index is -0.842. The molecule has 6 nitrogen and oxygen atoms in total. The molecule has 0 spiro atoms. The Bertz CT molecular complexity index is 672. The van der Waals surface area contributed by atoms with Gasteiger partial charge in [0.15, 0.2) is 0 Å². The van der Waals surface area contributed by atoms with Gasteiger partial charge >= 0.3 is 0 Å².